The van der Waals surface area contributed by atoms with E-state index in [1.165, 1.54) is 0 Å². The van der Waals surface area contributed by atoms with Crippen LogP contribution in [-0.4, -0.2) is 37.4 Å². The zero-order valence-electron chi connectivity index (χ0n) is 14.8. The molecule has 0 radical (unpaired) electrons. The molecule has 0 aromatic rings. The molecule has 0 aromatic heterocycles. The molecule has 0 amide bonds. The number of hydrogen-bond donors (Lipinski definition) is 0. The summed E-state index contributed by atoms with van der Waals surface area (Å²) in [5.74, 6) is -1.04. The van der Waals surface area contributed by atoms with Gasteiger partial charge in [-0.3, -0.25) is 4.79 Å². The molecular formula is C17H28O6. The van der Waals surface area contributed by atoms with Crippen LogP contribution in [0.2, 0.25) is 0 Å². The fourth-order valence-electron chi connectivity index (χ4n) is 3.08. The second-order valence-electron chi connectivity index (χ2n) is 6.00. The smallest absolute Gasteiger partial charge is 0.309 e. The highest BCUT2D eigenvalue weighted by Crippen LogP contribution is 2.46. The van der Waals surface area contributed by atoms with Gasteiger partial charge >= 0.3 is 5.97 Å². The van der Waals surface area contributed by atoms with Gasteiger partial charge in [-0.15, -0.1) is 0 Å². The third kappa shape index (κ3) is 3.48. The Bertz CT molecular complexity index is 474. The molecule has 2 aliphatic rings. The van der Waals surface area contributed by atoms with E-state index in [1.54, 1.807) is 0 Å². The van der Waals surface area contributed by atoms with Crippen LogP contribution >= 0.6 is 0 Å². The van der Waals surface area contributed by atoms with Gasteiger partial charge in [0.25, 0.3) is 11.6 Å². The van der Waals surface area contributed by atoms with Crippen LogP contribution in [0, 0.1) is 5.92 Å². The predicted octanol–water partition coefficient (Wildman–Crippen LogP) is 3.11. The molecule has 1 aliphatic carbocycles. The van der Waals surface area contributed by atoms with E-state index in [9.17, 15) is 4.79 Å². The molecule has 0 fully saturated rings. The van der Waals surface area contributed by atoms with Gasteiger partial charge in [-0.1, -0.05) is 0 Å². The molecule has 6 nitrogen and oxygen atoms in total. The SMILES string of the molecule is CCOC(=O)[C@H]1CCC2=C(C1)O[C@@](C)(OCC)[C@](C)(OCC)O2. The van der Waals surface area contributed by atoms with Gasteiger partial charge in [-0.2, -0.15) is 0 Å². The minimum absolute atomic E-state index is 0.182. The third-order valence-corrected chi connectivity index (χ3v) is 4.38. The van der Waals surface area contributed by atoms with Crippen molar-refractivity contribution in [3.63, 3.8) is 0 Å². The number of esters is 1. The normalized spacial score (nSPS) is 33.5. The highest BCUT2D eigenvalue weighted by molar-refractivity contribution is 5.73. The van der Waals surface area contributed by atoms with E-state index in [1.807, 2.05) is 34.6 Å². The first-order valence-electron chi connectivity index (χ1n) is 8.43. The van der Waals surface area contributed by atoms with Crippen LogP contribution in [-0.2, 0) is 28.5 Å². The largest absolute Gasteiger partial charge is 0.466 e. The van der Waals surface area contributed by atoms with Crippen LogP contribution in [0.15, 0.2) is 11.5 Å². The average molecular weight is 328 g/mol. The van der Waals surface area contributed by atoms with Crippen molar-refractivity contribution in [2.45, 2.75) is 65.5 Å². The van der Waals surface area contributed by atoms with Crippen LogP contribution in [0.5, 0.6) is 0 Å². The molecule has 3 atom stereocenters. The Hall–Kier alpha value is -1.27. The maximum atomic E-state index is 12.0. The lowest BCUT2D eigenvalue weighted by molar-refractivity contribution is -0.395. The summed E-state index contributed by atoms with van der Waals surface area (Å²) >= 11 is 0. The molecule has 0 N–H and O–H groups in total. The summed E-state index contributed by atoms with van der Waals surface area (Å²) in [5, 5.41) is 0. The van der Waals surface area contributed by atoms with E-state index in [-0.39, 0.29) is 11.9 Å². The summed E-state index contributed by atoms with van der Waals surface area (Å²) in [6.45, 7) is 10.6. The number of ether oxygens (including phenoxy) is 5. The molecule has 0 spiro atoms. The molecule has 0 saturated carbocycles. The molecule has 0 bridgehead atoms. The lowest BCUT2D eigenvalue weighted by Crippen LogP contribution is -2.59. The van der Waals surface area contributed by atoms with E-state index < -0.39 is 11.6 Å². The first-order valence-corrected chi connectivity index (χ1v) is 8.43. The van der Waals surface area contributed by atoms with Gasteiger partial charge in [0.05, 0.1) is 12.5 Å². The van der Waals surface area contributed by atoms with Gasteiger partial charge in [0.1, 0.15) is 11.5 Å². The van der Waals surface area contributed by atoms with Crippen LogP contribution in [0.4, 0.5) is 0 Å². The predicted molar refractivity (Wildman–Crippen MR) is 83.2 cm³/mol. The standard InChI is InChI=1S/C17H28O6/c1-6-19-15(18)12-9-10-13-14(11-12)23-17(5,21-8-3)16(4,22-13)20-7-2/h12H,6-11H2,1-5H3/t12-,16+,17+/m0/s1. The van der Waals surface area contributed by atoms with Crippen LogP contribution < -0.4 is 0 Å². The van der Waals surface area contributed by atoms with Gasteiger partial charge < -0.3 is 23.7 Å². The number of hydrogen-bond acceptors (Lipinski definition) is 6. The molecule has 132 valence electrons. The lowest BCUT2D eigenvalue weighted by atomic mass is 9.90. The van der Waals surface area contributed by atoms with E-state index in [2.05, 4.69) is 0 Å². The highest BCUT2D eigenvalue weighted by Gasteiger charge is 2.56. The number of allylic oxidation sites excluding steroid dienone is 2. The Kier molecular flexibility index (Phi) is 5.57. The number of carbonyl (C=O) groups excluding carboxylic acids is 1. The van der Waals surface area contributed by atoms with Crippen molar-refractivity contribution < 1.29 is 28.5 Å². The highest BCUT2D eigenvalue weighted by atomic mass is 16.8. The Labute approximate surface area is 138 Å². The van der Waals surface area contributed by atoms with E-state index in [0.29, 0.717) is 44.8 Å². The second kappa shape index (κ2) is 7.09. The quantitative estimate of drug-likeness (QED) is 0.698. The van der Waals surface area contributed by atoms with Crippen molar-refractivity contribution in [1.29, 1.82) is 0 Å². The number of carbonyl (C=O) groups is 1. The molecule has 0 saturated heterocycles. The monoisotopic (exact) mass is 328 g/mol. The first kappa shape index (κ1) is 18.1. The van der Waals surface area contributed by atoms with Gasteiger partial charge in [-0.05, 0) is 27.2 Å². The first-order chi connectivity index (χ1) is 10.9. The summed E-state index contributed by atoms with van der Waals surface area (Å²) in [6, 6.07) is 0. The van der Waals surface area contributed by atoms with Gasteiger partial charge in [0.15, 0.2) is 0 Å². The molecular weight excluding hydrogens is 300 g/mol. The van der Waals surface area contributed by atoms with Crippen LogP contribution in [0.3, 0.4) is 0 Å². The molecule has 2 rings (SSSR count). The maximum Gasteiger partial charge on any atom is 0.309 e. The van der Waals surface area contributed by atoms with E-state index in [4.69, 9.17) is 23.7 Å². The van der Waals surface area contributed by atoms with Crippen LogP contribution in [0.1, 0.15) is 53.9 Å². The fraction of sp³-hybridized carbons (Fsp3) is 0.824. The molecule has 0 unspecified atom stereocenters. The average Bonchev–Trinajstić information content (AvgIpc) is 2.49. The van der Waals surface area contributed by atoms with E-state index >= 15 is 0 Å². The lowest BCUT2D eigenvalue weighted by Gasteiger charge is -2.49. The minimum atomic E-state index is -1.06. The Morgan fingerprint density at radius 2 is 1.61 bits per heavy atom. The van der Waals surface area contributed by atoms with Gasteiger partial charge in [-0.25, -0.2) is 0 Å². The molecule has 6 heteroatoms. The maximum absolute atomic E-state index is 12.0. The Balaban J connectivity index is 2.22. The topological polar surface area (TPSA) is 63.2 Å². The van der Waals surface area contributed by atoms with Crippen molar-refractivity contribution in [3.8, 4) is 0 Å². The molecule has 23 heavy (non-hydrogen) atoms. The summed E-state index contributed by atoms with van der Waals surface area (Å²) in [6.07, 6.45) is 1.79. The van der Waals surface area contributed by atoms with Crippen molar-refractivity contribution in [2.75, 3.05) is 19.8 Å². The molecule has 0 aromatic carbocycles. The Morgan fingerprint density at radius 3 is 2.13 bits per heavy atom. The fourth-order valence-corrected chi connectivity index (χ4v) is 3.08. The van der Waals surface area contributed by atoms with Crippen molar-refractivity contribution in [2.24, 2.45) is 5.92 Å². The zero-order chi connectivity index (χ0) is 17.1. The molecule has 1 heterocycles. The zero-order valence-corrected chi connectivity index (χ0v) is 14.8. The third-order valence-electron chi connectivity index (χ3n) is 4.38. The summed E-state index contributed by atoms with van der Waals surface area (Å²) in [5.41, 5.74) is 0. The van der Waals surface area contributed by atoms with Crippen LogP contribution in [0.25, 0.3) is 0 Å². The Morgan fingerprint density at radius 1 is 1.04 bits per heavy atom. The number of rotatable bonds is 6. The minimum Gasteiger partial charge on any atom is -0.466 e. The molecule has 1 aliphatic heterocycles. The summed E-state index contributed by atoms with van der Waals surface area (Å²) in [7, 11) is 0. The van der Waals surface area contributed by atoms with Crippen molar-refractivity contribution in [3.05, 3.63) is 11.5 Å². The van der Waals surface area contributed by atoms with Crippen molar-refractivity contribution in [1.82, 2.24) is 0 Å². The van der Waals surface area contributed by atoms with Gasteiger partial charge in [0.2, 0.25) is 0 Å². The summed E-state index contributed by atoms with van der Waals surface area (Å²) < 4.78 is 29.0. The second-order valence-corrected chi connectivity index (χ2v) is 6.00. The van der Waals surface area contributed by atoms with Crippen molar-refractivity contribution >= 4 is 5.97 Å². The summed E-state index contributed by atoms with van der Waals surface area (Å²) in [4.78, 5) is 12.0. The van der Waals surface area contributed by atoms with E-state index in [0.717, 1.165) is 5.76 Å². The van der Waals surface area contributed by atoms with Gasteiger partial charge in [0, 0.05) is 39.9 Å².